The number of fused-ring (bicyclic) bond motifs is 2. The summed E-state index contributed by atoms with van der Waals surface area (Å²) in [5.41, 5.74) is 6.62. The second kappa shape index (κ2) is 8.54. The molecule has 0 saturated heterocycles. The fraction of sp³-hybridized carbons (Fsp3) is 0.379. The number of pyridine rings is 1. The van der Waals surface area contributed by atoms with Gasteiger partial charge in [0.25, 0.3) is 0 Å². The first-order valence-electron chi connectivity index (χ1n) is 11.7. The molecule has 0 radical (unpaired) electrons. The highest BCUT2D eigenvalue weighted by molar-refractivity contribution is 6.06. The zero-order valence-corrected chi connectivity index (χ0v) is 19.8. The molecule has 3 aromatic rings. The highest BCUT2D eigenvalue weighted by atomic mass is 16.4. The van der Waals surface area contributed by atoms with Gasteiger partial charge in [-0.15, -0.1) is 0 Å². The maximum Gasteiger partial charge on any atom is 0.336 e. The molecule has 0 aliphatic heterocycles. The fourth-order valence-corrected chi connectivity index (χ4v) is 4.79. The number of nitrogens with zero attached hydrogens (tertiary/aromatic N) is 1. The van der Waals surface area contributed by atoms with Crippen molar-refractivity contribution >= 4 is 28.5 Å². The van der Waals surface area contributed by atoms with E-state index in [0.717, 1.165) is 52.6 Å². The van der Waals surface area contributed by atoms with Crippen molar-refractivity contribution in [3.05, 3.63) is 76.5 Å². The van der Waals surface area contributed by atoms with Crippen LogP contribution in [0.4, 0.5) is 0 Å². The molecule has 166 valence electrons. The van der Waals surface area contributed by atoms with E-state index in [1.54, 1.807) is 0 Å². The smallest absolute Gasteiger partial charge is 0.336 e. The summed E-state index contributed by atoms with van der Waals surface area (Å²) in [6, 6.07) is 16.3. The number of rotatable bonds is 5. The van der Waals surface area contributed by atoms with E-state index in [1.807, 2.05) is 24.3 Å². The Morgan fingerprint density at radius 2 is 1.81 bits per heavy atom. The number of para-hydroxylation sites is 1. The average molecular weight is 428 g/mol. The van der Waals surface area contributed by atoms with Gasteiger partial charge in [-0.1, -0.05) is 83.5 Å². The summed E-state index contributed by atoms with van der Waals surface area (Å²) in [5.74, 6) is -0.00862. The van der Waals surface area contributed by atoms with Gasteiger partial charge in [0, 0.05) is 5.39 Å². The molecule has 0 bridgehead atoms. The average Bonchev–Trinajstić information content (AvgIpc) is 2.77. The third kappa shape index (κ3) is 4.09. The Bertz CT molecular complexity index is 1190. The Labute approximate surface area is 191 Å². The molecule has 1 aliphatic rings. The number of aromatic nitrogens is 1. The second-order valence-corrected chi connectivity index (χ2v) is 10.1. The number of hydrogen-bond donors (Lipinski definition) is 1. The fourth-order valence-electron chi connectivity index (χ4n) is 4.79. The van der Waals surface area contributed by atoms with Gasteiger partial charge in [0.05, 0.1) is 16.8 Å². The zero-order valence-electron chi connectivity index (χ0n) is 19.8. The lowest BCUT2D eigenvalue weighted by Gasteiger charge is -2.38. The normalized spacial score (nSPS) is 17.7. The van der Waals surface area contributed by atoms with Crippen LogP contribution in [-0.2, 0) is 6.42 Å². The van der Waals surface area contributed by atoms with Crippen LogP contribution in [0.2, 0.25) is 0 Å². The molecule has 0 spiro atoms. The van der Waals surface area contributed by atoms with Crippen molar-refractivity contribution in [1.29, 1.82) is 0 Å². The molecule has 3 heteroatoms. The van der Waals surface area contributed by atoms with Crippen molar-refractivity contribution < 1.29 is 9.90 Å². The topological polar surface area (TPSA) is 50.2 Å². The van der Waals surface area contributed by atoms with E-state index in [1.165, 1.54) is 5.56 Å². The Kier molecular flexibility index (Phi) is 5.94. The van der Waals surface area contributed by atoms with Crippen LogP contribution in [0.25, 0.3) is 22.6 Å². The summed E-state index contributed by atoms with van der Waals surface area (Å²) in [7, 11) is 0. The van der Waals surface area contributed by atoms with Gasteiger partial charge in [-0.25, -0.2) is 9.78 Å². The maximum absolute atomic E-state index is 12.4. The first-order valence-corrected chi connectivity index (χ1v) is 11.7. The summed E-state index contributed by atoms with van der Waals surface area (Å²) >= 11 is 0. The Morgan fingerprint density at radius 3 is 2.44 bits per heavy atom. The van der Waals surface area contributed by atoms with Gasteiger partial charge in [-0.2, -0.15) is 0 Å². The summed E-state index contributed by atoms with van der Waals surface area (Å²) in [6.07, 6.45) is 4.92. The van der Waals surface area contributed by atoms with Gasteiger partial charge in [-0.05, 0) is 64.5 Å². The van der Waals surface area contributed by atoms with Gasteiger partial charge in [0.1, 0.15) is 0 Å². The lowest BCUT2D eigenvalue weighted by Crippen LogP contribution is -2.30. The van der Waals surface area contributed by atoms with Crippen molar-refractivity contribution in [2.24, 2.45) is 11.3 Å². The first-order chi connectivity index (χ1) is 15.2. The van der Waals surface area contributed by atoms with Gasteiger partial charge < -0.3 is 5.11 Å². The summed E-state index contributed by atoms with van der Waals surface area (Å²) < 4.78 is 0. The molecule has 1 heterocycles. The molecular weight excluding hydrogens is 394 g/mol. The van der Waals surface area contributed by atoms with Crippen molar-refractivity contribution in [1.82, 2.24) is 4.98 Å². The van der Waals surface area contributed by atoms with Crippen LogP contribution in [0.5, 0.6) is 0 Å². The lowest BCUT2D eigenvalue weighted by atomic mass is 9.67. The maximum atomic E-state index is 12.4. The minimum Gasteiger partial charge on any atom is -0.478 e. The molecule has 0 fully saturated rings. The minimum absolute atomic E-state index is 0.111. The second-order valence-electron chi connectivity index (χ2n) is 10.1. The van der Waals surface area contributed by atoms with E-state index in [4.69, 9.17) is 4.98 Å². The minimum atomic E-state index is -0.865. The number of carbonyl (C=O) groups is 1. The van der Waals surface area contributed by atoms with Gasteiger partial charge in [0.15, 0.2) is 0 Å². The molecule has 4 rings (SSSR count). The number of hydrogen-bond acceptors (Lipinski definition) is 2. The molecule has 0 unspecified atom stereocenters. The van der Waals surface area contributed by atoms with E-state index < -0.39 is 5.97 Å². The van der Waals surface area contributed by atoms with Crippen LogP contribution in [-0.4, -0.2) is 16.1 Å². The first kappa shape index (κ1) is 22.3. The van der Waals surface area contributed by atoms with Crippen LogP contribution in [0.15, 0.2) is 48.5 Å². The van der Waals surface area contributed by atoms with Crippen molar-refractivity contribution in [2.45, 2.75) is 59.8 Å². The van der Waals surface area contributed by atoms with E-state index in [0.29, 0.717) is 17.4 Å². The van der Waals surface area contributed by atoms with Crippen molar-refractivity contribution in [3.63, 3.8) is 0 Å². The molecule has 3 nitrogen and oxygen atoms in total. The quantitative estimate of drug-likeness (QED) is 0.456. The SMILES string of the molecule is CCC(C)(C)[C@H]1C/C(=C/c2ccc(C(C)C)cc2)c2nc3ccccc3c(C(=O)O)c2C1. The molecule has 2 aromatic carbocycles. The number of allylic oxidation sites excluding steroid dienone is 1. The third-order valence-electron chi connectivity index (χ3n) is 7.39. The van der Waals surface area contributed by atoms with Gasteiger partial charge >= 0.3 is 5.97 Å². The molecule has 1 N–H and O–H groups in total. The van der Waals surface area contributed by atoms with E-state index in [2.05, 4.69) is 65.0 Å². The predicted molar refractivity (Wildman–Crippen MR) is 133 cm³/mol. The standard InChI is InChI=1S/C29H33NO2/c1-6-29(4,5)22-16-21(15-19-11-13-20(14-12-19)18(2)3)27-24(17-22)26(28(31)32)23-9-7-8-10-25(23)30-27/h7-15,18,22H,6,16-17H2,1-5H3,(H,31,32)/b21-15-/t22-/m0/s1. The molecule has 1 aromatic heterocycles. The molecule has 0 amide bonds. The number of carboxylic acid groups (broad SMARTS) is 1. The van der Waals surface area contributed by atoms with E-state index in [-0.39, 0.29) is 5.41 Å². The lowest BCUT2D eigenvalue weighted by molar-refractivity contribution is 0.0696. The number of aromatic carboxylic acids is 1. The molecule has 32 heavy (non-hydrogen) atoms. The molecular formula is C29H33NO2. The number of benzene rings is 2. The van der Waals surface area contributed by atoms with E-state index in [9.17, 15) is 9.90 Å². The number of carboxylic acids is 1. The highest BCUT2D eigenvalue weighted by Crippen LogP contribution is 2.46. The Hall–Kier alpha value is -2.94. The van der Waals surface area contributed by atoms with Crippen molar-refractivity contribution in [3.8, 4) is 0 Å². The van der Waals surface area contributed by atoms with Crippen LogP contribution in [0, 0.1) is 11.3 Å². The van der Waals surface area contributed by atoms with Crippen molar-refractivity contribution in [2.75, 3.05) is 0 Å². The molecule has 1 aliphatic carbocycles. The van der Waals surface area contributed by atoms with Gasteiger partial charge in [0.2, 0.25) is 0 Å². The Balaban J connectivity index is 1.93. The summed E-state index contributed by atoms with van der Waals surface area (Å²) in [4.78, 5) is 17.4. The highest BCUT2D eigenvalue weighted by Gasteiger charge is 2.36. The summed E-state index contributed by atoms with van der Waals surface area (Å²) in [5, 5.41) is 10.9. The largest absolute Gasteiger partial charge is 0.478 e. The monoisotopic (exact) mass is 427 g/mol. The third-order valence-corrected chi connectivity index (χ3v) is 7.39. The van der Waals surface area contributed by atoms with Crippen LogP contribution < -0.4 is 0 Å². The van der Waals surface area contributed by atoms with E-state index >= 15 is 0 Å². The molecule has 0 saturated carbocycles. The van der Waals surface area contributed by atoms with Gasteiger partial charge in [-0.3, -0.25) is 0 Å². The van der Waals surface area contributed by atoms with Crippen LogP contribution >= 0.6 is 0 Å². The molecule has 1 atom stereocenters. The van der Waals surface area contributed by atoms with Crippen LogP contribution in [0.1, 0.15) is 86.1 Å². The van der Waals surface area contributed by atoms with Crippen LogP contribution in [0.3, 0.4) is 0 Å². The predicted octanol–water partition coefficient (Wildman–Crippen LogP) is 7.60. The zero-order chi connectivity index (χ0) is 23.0. The Morgan fingerprint density at radius 1 is 1.12 bits per heavy atom. The summed E-state index contributed by atoms with van der Waals surface area (Å²) in [6.45, 7) is 11.2.